The molecule has 0 amide bonds. The van der Waals surface area contributed by atoms with Crippen molar-refractivity contribution in [2.75, 3.05) is 7.11 Å². The van der Waals surface area contributed by atoms with E-state index in [2.05, 4.69) is 0 Å². The molecule has 7 heteroatoms. The van der Waals surface area contributed by atoms with Gasteiger partial charge in [-0.25, -0.2) is 12.8 Å². The predicted octanol–water partition coefficient (Wildman–Crippen LogP) is 2.56. The molecule has 0 unspecified atom stereocenters. The summed E-state index contributed by atoms with van der Waals surface area (Å²) in [6.45, 7) is 0. The molecule has 0 aliphatic rings. The maximum atomic E-state index is 13.4. The Labute approximate surface area is 96.2 Å². The number of hydrogen-bond acceptors (Lipinski definition) is 3. The first-order valence-electron chi connectivity index (χ1n) is 3.78. The van der Waals surface area contributed by atoms with Gasteiger partial charge in [0.1, 0.15) is 11.6 Å². The molecule has 0 saturated carbocycles. The van der Waals surface area contributed by atoms with Gasteiger partial charge >= 0.3 is 0 Å². The molecule has 0 atom stereocenters. The highest BCUT2D eigenvalue weighted by atomic mass is 35.7. The van der Waals surface area contributed by atoms with Crippen LogP contribution in [0.3, 0.4) is 0 Å². The van der Waals surface area contributed by atoms with Gasteiger partial charge in [-0.05, 0) is 12.1 Å². The van der Waals surface area contributed by atoms with Crippen molar-refractivity contribution in [3.63, 3.8) is 0 Å². The van der Waals surface area contributed by atoms with E-state index in [0.717, 1.165) is 0 Å². The molecule has 0 N–H and O–H groups in total. The Hall–Kier alpha value is -0.520. The summed E-state index contributed by atoms with van der Waals surface area (Å²) in [5.41, 5.74) is -0.167. The van der Waals surface area contributed by atoms with E-state index in [0.29, 0.717) is 0 Å². The van der Waals surface area contributed by atoms with Crippen LogP contribution in [0.4, 0.5) is 4.39 Å². The number of ether oxygens (including phenoxy) is 1. The van der Waals surface area contributed by atoms with Crippen LogP contribution in [0.5, 0.6) is 5.75 Å². The second kappa shape index (κ2) is 4.55. The van der Waals surface area contributed by atoms with Crippen LogP contribution >= 0.6 is 22.3 Å². The first-order valence-corrected chi connectivity index (χ1v) is 6.64. The molecule has 0 fully saturated rings. The summed E-state index contributed by atoms with van der Waals surface area (Å²) in [4.78, 5) is 0. The van der Waals surface area contributed by atoms with Crippen molar-refractivity contribution in [2.45, 2.75) is 5.75 Å². The Morgan fingerprint density at radius 3 is 2.53 bits per heavy atom. The van der Waals surface area contributed by atoms with Crippen molar-refractivity contribution < 1.29 is 17.5 Å². The lowest BCUT2D eigenvalue weighted by Crippen LogP contribution is -2.02. The fourth-order valence-corrected chi connectivity index (χ4v) is 2.19. The average molecular weight is 273 g/mol. The SMILES string of the molecule is COc1ccc(Cl)c(F)c1CS(=O)(=O)Cl. The van der Waals surface area contributed by atoms with Crippen LogP contribution in [0, 0.1) is 5.82 Å². The van der Waals surface area contributed by atoms with Crippen LogP contribution in [0.15, 0.2) is 12.1 Å². The van der Waals surface area contributed by atoms with E-state index in [9.17, 15) is 12.8 Å². The van der Waals surface area contributed by atoms with Crippen LogP contribution in [-0.2, 0) is 14.8 Å². The minimum atomic E-state index is -3.86. The van der Waals surface area contributed by atoms with Crippen molar-refractivity contribution in [1.82, 2.24) is 0 Å². The number of hydrogen-bond donors (Lipinski definition) is 0. The maximum absolute atomic E-state index is 13.4. The van der Waals surface area contributed by atoms with Crippen molar-refractivity contribution in [2.24, 2.45) is 0 Å². The Kier molecular flexibility index (Phi) is 3.81. The summed E-state index contributed by atoms with van der Waals surface area (Å²) in [6, 6.07) is 2.66. The van der Waals surface area contributed by atoms with E-state index >= 15 is 0 Å². The Bertz CT molecular complexity index is 473. The summed E-state index contributed by atoms with van der Waals surface area (Å²) in [5.74, 6) is -1.40. The first kappa shape index (κ1) is 12.5. The van der Waals surface area contributed by atoms with E-state index in [1.807, 2.05) is 0 Å². The van der Waals surface area contributed by atoms with E-state index in [4.69, 9.17) is 27.0 Å². The van der Waals surface area contributed by atoms with Gasteiger partial charge in [-0.15, -0.1) is 0 Å². The third-order valence-electron chi connectivity index (χ3n) is 1.69. The Morgan fingerprint density at radius 1 is 1.47 bits per heavy atom. The number of rotatable bonds is 3. The monoisotopic (exact) mass is 272 g/mol. The Balaban J connectivity index is 3.30. The fourth-order valence-electron chi connectivity index (χ4n) is 1.07. The summed E-state index contributed by atoms with van der Waals surface area (Å²) < 4.78 is 39.9. The first-order chi connectivity index (χ1) is 6.85. The summed E-state index contributed by atoms with van der Waals surface area (Å²) in [5, 5.41) is -0.175. The molecule has 0 bridgehead atoms. The van der Waals surface area contributed by atoms with E-state index in [1.54, 1.807) is 0 Å². The number of benzene rings is 1. The molecule has 0 radical (unpaired) electrons. The van der Waals surface area contributed by atoms with Gasteiger partial charge in [-0.2, -0.15) is 0 Å². The van der Waals surface area contributed by atoms with Gasteiger partial charge in [0.15, 0.2) is 0 Å². The average Bonchev–Trinajstić information content (AvgIpc) is 2.11. The van der Waals surface area contributed by atoms with E-state index in [1.165, 1.54) is 19.2 Å². The minimum Gasteiger partial charge on any atom is -0.496 e. The third-order valence-corrected chi connectivity index (χ3v) is 2.94. The van der Waals surface area contributed by atoms with Crippen LogP contribution in [0.2, 0.25) is 5.02 Å². The van der Waals surface area contributed by atoms with Crippen LogP contribution in [0.1, 0.15) is 5.56 Å². The molecule has 0 saturated heterocycles. The normalized spacial score (nSPS) is 11.5. The zero-order valence-electron chi connectivity index (χ0n) is 7.63. The highest BCUT2D eigenvalue weighted by molar-refractivity contribution is 8.13. The van der Waals surface area contributed by atoms with Gasteiger partial charge < -0.3 is 4.74 Å². The molecule has 0 heterocycles. The van der Waals surface area contributed by atoms with Gasteiger partial charge in [0.25, 0.3) is 0 Å². The van der Waals surface area contributed by atoms with Gasteiger partial charge in [0.2, 0.25) is 9.05 Å². The van der Waals surface area contributed by atoms with Gasteiger partial charge in [0, 0.05) is 16.2 Å². The zero-order valence-corrected chi connectivity index (χ0v) is 9.96. The molecule has 1 aromatic carbocycles. The highest BCUT2D eigenvalue weighted by Crippen LogP contribution is 2.29. The van der Waals surface area contributed by atoms with Crippen LogP contribution in [0.25, 0.3) is 0 Å². The molecule has 3 nitrogen and oxygen atoms in total. The molecule has 0 aromatic heterocycles. The lowest BCUT2D eigenvalue weighted by Gasteiger charge is -2.08. The van der Waals surface area contributed by atoms with Crippen molar-refractivity contribution in [3.8, 4) is 5.75 Å². The molecule has 0 spiro atoms. The van der Waals surface area contributed by atoms with Crippen molar-refractivity contribution in [1.29, 1.82) is 0 Å². The summed E-state index contributed by atoms with van der Waals surface area (Å²) >= 11 is 5.50. The van der Waals surface area contributed by atoms with E-state index in [-0.39, 0.29) is 16.3 Å². The molecule has 0 aliphatic heterocycles. The molecule has 1 aromatic rings. The van der Waals surface area contributed by atoms with Gasteiger partial charge in [-0.1, -0.05) is 11.6 Å². The lowest BCUT2D eigenvalue weighted by molar-refractivity contribution is 0.406. The molecule has 15 heavy (non-hydrogen) atoms. The minimum absolute atomic E-state index is 0.0983. The molecule has 0 aliphatic carbocycles. The quantitative estimate of drug-likeness (QED) is 0.795. The Morgan fingerprint density at radius 2 is 2.07 bits per heavy atom. The lowest BCUT2D eigenvalue weighted by atomic mass is 10.2. The third kappa shape index (κ3) is 3.22. The molecule has 1 rings (SSSR count). The van der Waals surface area contributed by atoms with Crippen LogP contribution < -0.4 is 4.74 Å². The van der Waals surface area contributed by atoms with Crippen LogP contribution in [-0.4, -0.2) is 15.5 Å². The fraction of sp³-hybridized carbons (Fsp3) is 0.250. The zero-order chi connectivity index (χ0) is 11.6. The molecule has 84 valence electrons. The smallest absolute Gasteiger partial charge is 0.237 e. The standard InChI is InChI=1S/C8H7Cl2FO3S/c1-14-7-3-2-6(9)8(11)5(7)4-15(10,12)13/h2-3H,4H2,1H3. The molecular formula is C8H7Cl2FO3S. The van der Waals surface area contributed by atoms with E-state index < -0.39 is 20.6 Å². The second-order valence-electron chi connectivity index (χ2n) is 2.73. The highest BCUT2D eigenvalue weighted by Gasteiger charge is 2.18. The van der Waals surface area contributed by atoms with Gasteiger partial charge in [-0.3, -0.25) is 0 Å². The predicted molar refractivity (Wildman–Crippen MR) is 56.4 cm³/mol. The van der Waals surface area contributed by atoms with Crippen molar-refractivity contribution in [3.05, 3.63) is 28.5 Å². The maximum Gasteiger partial charge on any atom is 0.237 e. The largest absolute Gasteiger partial charge is 0.496 e. The number of halogens is 3. The van der Waals surface area contributed by atoms with Crippen molar-refractivity contribution >= 4 is 31.3 Å². The van der Waals surface area contributed by atoms with Gasteiger partial charge in [0.05, 0.1) is 17.9 Å². The summed E-state index contributed by atoms with van der Waals surface area (Å²) in [6.07, 6.45) is 0. The topological polar surface area (TPSA) is 43.4 Å². The second-order valence-corrected chi connectivity index (χ2v) is 5.91. The number of methoxy groups -OCH3 is 1. The molecular weight excluding hydrogens is 266 g/mol. The summed E-state index contributed by atoms with van der Waals surface area (Å²) in [7, 11) is 2.47.